The zero-order chi connectivity index (χ0) is 22.3. The van der Waals surface area contributed by atoms with E-state index in [0.717, 1.165) is 17.5 Å². The Kier molecular flexibility index (Phi) is 6.60. The van der Waals surface area contributed by atoms with E-state index in [2.05, 4.69) is 15.7 Å². The van der Waals surface area contributed by atoms with E-state index in [9.17, 15) is 14.4 Å². The van der Waals surface area contributed by atoms with Crippen molar-refractivity contribution < 1.29 is 14.4 Å². The molecule has 2 N–H and O–H groups in total. The molecular formula is C24H25N5O3. The molecule has 3 amide bonds. The van der Waals surface area contributed by atoms with Gasteiger partial charge >= 0.3 is 0 Å². The number of aromatic nitrogens is 2. The van der Waals surface area contributed by atoms with Crippen molar-refractivity contribution in [2.45, 2.75) is 26.1 Å². The van der Waals surface area contributed by atoms with Crippen molar-refractivity contribution in [2.24, 2.45) is 0 Å². The lowest BCUT2D eigenvalue weighted by Gasteiger charge is -2.20. The summed E-state index contributed by atoms with van der Waals surface area (Å²) in [5, 5.41) is 9.63. The van der Waals surface area contributed by atoms with Gasteiger partial charge in [0.25, 0.3) is 11.8 Å². The Balaban J connectivity index is 1.35. The van der Waals surface area contributed by atoms with Gasteiger partial charge in [0.1, 0.15) is 5.69 Å². The molecule has 8 nitrogen and oxygen atoms in total. The molecule has 3 aromatic rings. The van der Waals surface area contributed by atoms with Crippen molar-refractivity contribution in [3.63, 3.8) is 0 Å². The smallest absolute Gasteiger partial charge is 0.272 e. The van der Waals surface area contributed by atoms with Crippen LogP contribution in [0.5, 0.6) is 0 Å². The SMILES string of the molecule is O=C(CNC(=O)c1cc2n(n1)CCCN(Cc1ccccc1)C2=O)NCc1ccccc1. The first-order valence-electron chi connectivity index (χ1n) is 10.6. The number of benzene rings is 2. The van der Waals surface area contributed by atoms with Crippen molar-refractivity contribution in [3.8, 4) is 0 Å². The molecule has 1 aromatic heterocycles. The van der Waals surface area contributed by atoms with Crippen LogP contribution in [-0.2, 0) is 24.4 Å². The fourth-order valence-corrected chi connectivity index (χ4v) is 3.61. The summed E-state index contributed by atoms with van der Waals surface area (Å²) in [6.45, 7) is 1.91. The summed E-state index contributed by atoms with van der Waals surface area (Å²) in [5.41, 5.74) is 2.54. The number of aryl methyl sites for hydroxylation is 1. The van der Waals surface area contributed by atoms with E-state index >= 15 is 0 Å². The number of nitrogens with zero attached hydrogens (tertiary/aromatic N) is 3. The van der Waals surface area contributed by atoms with Crippen LogP contribution in [0.2, 0.25) is 0 Å². The molecule has 0 spiro atoms. The van der Waals surface area contributed by atoms with Crippen molar-refractivity contribution in [1.29, 1.82) is 0 Å². The van der Waals surface area contributed by atoms with E-state index in [1.54, 1.807) is 9.58 Å². The number of hydrogen-bond donors (Lipinski definition) is 2. The van der Waals surface area contributed by atoms with Gasteiger partial charge < -0.3 is 15.5 Å². The molecule has 0 saturated carbocycles. The van der Waals surface area contributed by atoms with Crippen molar-refractivity contribution in [1.82, 2.24) is 25.3 Å². The molecule has 1 aliphatic heterocycles. The quantitative estimate of drug-likeness (QED) is 0.598. The van der Waals surface area contributed by atoms with Gasteiger partial charge in [-0.05, 0) is 17.5 Å². The van der Waals surface area contributed by atoms with Gasteiger partial charge in [0.2, 0.25) is 5.91 Å². The van der Waals surface area contributed by atoms with E-state index in [-0.39, 0.29) is 24.1 Å². The van der Waals surface area contributed by atoms with Crippen molar-refractivity contribution in [3.05, 3.63) is 89.2 Å². The molecule has 0 fully saturated rings. The average molecular weight is 431 g/mol. The average Bonchev–Trinajstić information content (AvgIpc) is 3.20. The summed E-state index contributed by atoms with van der Waals surface area (Å²) < 4.78 is 1.58. The molecule has 1 aliphatic rings. The third-order valence-electron chi connectivity index (χ3n) is 5.28. The van der Waals surface area contributed by atoms with Crippen LogP contribution in [-0.4, -0.2) is 45.5 Å². The first-order chi connectivity index (χ1) is 15.6. The summed E-state index contributed by atoms with van der Waals surface area (Å²) >= 11 is 0. The van der Waals surface area contributed by atoms with Gasteiger partial charge in [-0.2, -0.15) is 5.10 Å². The molecule has 0 unspecified atom stereocenters. The number of nitrogens with one attached hydrogen (secondary N) is 2. The maximum absolute atomic E-state index is 13.0. The summed E-state index contributed by atoms with van der Waals surface area (Å²) in [6.07, 6.45) is 0.746. The van der Waals surface area contributed by atoms with Crippen LogP contribution in [0.25, 0.3) is 0 Å². The van der Waals surface area contributed by atoms with Gasteiger partial charge in [0.15, 0.2) is 5.69 Å². The maximum Gasteiger partial charge on any atom is 0.272 e. The Morgan fingerprint density at radius 1 is 0.906 bits per heavy atom. The molecule has 164 valence electrons. The summed E-state index contributed by atoms with van der Waals surface area (Å²) in [5.74, 6) is -0.936. The Morgan fingerprint density at radius 3 is 2.31 bits per heavy atom. The van der Waals surface area contributed by atoms with Crippen LogP contribution < -0.4 is 10.6 Å². The molecule has 4 rings (SSSR count). The molecule has 2 heterocycles. The molecule has 0 aliphatic carbocycles. The van der Waals surface area contributed by atoms with Gasteiger partial charge in [-0.1, -0.05) is 60.7 Å². The highest BCUT2D eigenvalue weighted by Gasteiger charge is 2.26. The second kappa shape index (κ2) is 9.91. The Morgan fingerprint density at radius 2 is 1.59 bits per heavy atom. The molecule has 0 atom stereocenters. The molecule has 2 aromatic carbocycles. The number of rotatable bonds is 7. The molecule has 0 bridgehead atoms. The number of carbonyl (C=O) groups is 3. The Bertz CT molecular complexity index is 1100. The second-order valence-corrected chi connectivity index (χ2v) is 7.65. The molecule has 0 radical (unpaired) electrons. The fourth-order valence-electron chi connectivity index (χ4n) is 3.61. The highest BCUT2D eigenvalue weighted by Crippen LogP contribution is 2.16. The fraction of sp³-hybridized carbons (Fsp3) is 0.250. The molecular weight excluding hydrogens is 406 g/mol. The van der Waals surface area contributed by atoms with Gasteiger partial charge in [-0.3, -0.25) is 19.1 Å². The van der Waals surface area contributed by atoms with Gasteiger partial charge in [-0.15, -0.1) is 0 Å². The van der Waals surface area contributed by atoms with E-state index in [1.807, 2.05) is 60.7 Å². The number of hydrogen-bond acceptors (Lipinski definition) is 4. The highest BCUT2D eigenvalue weighted by atomic mass is 16.2. The standard InChI is InChI=1S/C24H25N5O3/c30-22(25-15-18-8-3-1-4-9-18)16-26-23(31)20-14-21-24(32)28(12-7-13-29(21)27-20)17-19-10-5-2-6-11-19/h1-6,8-11,14H,7,12-13,15-17H2,(H,25,30)(H,26,31). The third-order valence-corrected chi connectivity index (χ3v) is 5.28. The normalized spacial score (nSPS) is 13.2. The lowest BCUT2D eigenvalue weighted by atomic mass is 10.2. The number of carbonyl (C=O) groups excluding carboxylic acids is 3. The van der Waals surface area contributed by atoms with Crippen LogP contribution in [0.4, 0.5) is 0 Å². The van der Waals surface area contributed by atoms with E-state index < -0.39 is 5.91 Å². The number of fused-ring (bicyclic) bond motifs is 1. The van der Waals surface area contributed by atoms with Crippen molar-refractivity contribution in [2.75, 3.05) is 13.1 Å². The first kappa shape index (κ1) is 21.3. The highest BCUT2D eigenvalue weighted by molar-refractivity contribution is 5.99. The van der Waals surface area contributed by atoms with Crippen LogP contribution in [0.15, 0.2) is 66.7 Å². The lowest BCUT2D eigenvalue weighted by Crippen LogP contribution is -2.36. The van der Waals surface area contributed by atoms with E-state index in [0.29, 0.717) is 31.9 Å². The molecule has 8 heteroatoms. The molecule has 0 saturated heterocycles. The van der Waals surface area contributed by atoms with Gasteiger partial charge in [0.05, 0.1) is 6.54 Å². The van der Waals surface area contributed by atoms with E-state index in [4.69, 9.17) is 0 Å². The van der Waals surface area contributed by atoms with Crippen LogP contribution >= 0.6 is 0 Å². The molecule has 32 heavy (non-hydrogen) atoms. The van der Waals surface area contributed by atoms with Crippen LogP contribution in [0, 0.1) is 0 Å². The zero-order valence-corrected chi connectivity index (χ0v) is 17.7. The van der Waals surface area contributed by atoms with Crippen LogP contribution in [0.1, 0.15) is 38.5 Å². The zero-order valence-electron chi connectivity index (χ0n) is 17.7. The van der Waals surface area contributed by atoms with E-state index in [1.165, 1.54) is 6.07 Å². The monoisotopic (exact) mass is 431 g/mol. The minimum Gasteiger partial charge on any atom is -0.350 e. The lowest BCUT2D eigenvalue weighted by molar-refractivity contribution is -0.120. The minimum absolute atomic E-state index is 0.130. The minimum atomic E-state index is -0.483. The Labute approximate surface area is 186 Å². The van der Waals surface area contributed by atoms with Crippen molar-refractivity contribution >= 4 is 17.7 Å². The predicted molar refractivity (Wildman–Crippen MR) is 119 cm³/mol. The topological polar surface area (TPSA) is 96.3 Å². The van der Waals surface area contributed by atoms with Gasteiger partial charge in [-0.25, -0.2) is 0 Å². The van der Waals surface area contributed by atoms with Crippen LogP contribution in [0.3, 0.4) is 0 Å². The largest absolute Gasteiger partial charge is 0.350 e. The third kappa shape index (κ3) is 5.21. The number of amides is 3. The maximum atomic E-state index is 13.0. The predicted octanol–water partition coefficient (Wildman–Crippen LogP) is 1.98. The Hall–Kier alpha value is -3.94. The summed E-state index contributed by atoms with van der Waals surface area (Å²) in [7, 11) is 0. The first-order valence-corrected chi connectivity index (χ1v) is 10.6. The second-order valence-electron chi connectivity index (χ2n) is 7.65. The summed E-state index contributed by atoms with van der Waals surface area (Å²) in [6, 6.07) is 20.8. The van der Waals surface area contributed by atoms with Gasteiger partial charge in [0, 0.05) is 32.2 Å². The summed E-state index contributed by atoms with van der Waals surface area (Å²) in [4.78, 5) is 39.4.